The molecular weight excluding hydrogens is 260 g/mol. The van der Waals surface area contributed by atoms with Crippen LogP contribution < -0.4 is 10.2 Å². The number of hydrogen-bond acceptors (Lipinski definition) is 4. The predicted molar refractivity (Wildman–Crippen MR) is 87.8 cm³/mol. The minimum atomic E-state index is 0.555. The molecule has 2 heterocycles. The van der Waals surface area contributed by atoms with Gasteiger partial charge < -0.3 is 15.1 Å². The Bertz CT molecular complexity index is 484. The Kier molecular flexibility index (Phi) is 4.45. The van der Waals surface area contributed by atoms with Crippen LogP contribution in [0.2, 0.25) is 0 Å². The summed E-state index contributed by atoms with van der Waals surface area (Å²) in [5, 5.41) is 3.63. The maximum absolute atomic E-state index is 4.52. The van der Waals surface area contributed by atoms with Crippen LogP contribution in [0.5, 0.6) is 0 Å². The molecule has 1 atom stereocenters. The van der Waals surface area contributed by atoms with Crippen LogP contribution in [0.3, 0.4) is 0 Å². The number of pyridine rings is 1. The van der Waals surface area contributed by atoms with Crippen molar-refractivity contribution in [1.82, 2.24) is 15.2 Å². The van der Waals surface area contributed by atoms with E-state index in [-0.39, 0.29) is 0 Å². The molecule has 0 aromatic carbocycles. The zero-order valence-corrected chi connectivity index (χ0v) is 13.6. The largest absolute Gasteiger partial charge is 0.367 e. The number of anilines is 1. The molecule has 1 unspecified atom stereocenters. The van der Waals surface area contributed by atoms with E-state index in [2.05, 4.69) is 53.3 Å². The van der Waals surface area contributed by atoms with Crippen LogP contribution >= 0.6 is 0 Å². The lowest BCUT2D eigenvalue weighted by molar-refractivity contribution is 0.337. The number of likely N-dealkylation sites (N-methyl/N-ethyl adjacent to an activating group) is 1. The van der Waals surface area contributed by atoms with Gasteiger partial charge in [0.05, 0.1) is 0 Å². The molecule has 0 bridgehead atoms. The maximum Gasteiger partial charge on any atom is 0.0448 e. The lowest BCUT2D eigenvalue weighted by atomic mass is 10.1. The molecular formula is C17H28N4. The Morgan fingerprint density at radius 3 is 2.90 bits per heavy atom. The van der Waals surface area contributed by atoms with Crippen molar-refractivity contribution in [2.75, 3.05) is 31.6 Å². The fraction of sp³-hybridized carbons (Fsp3) is 0.706. The van der Waals surface area contributed by atoms with E-state index in [1.807, 2.05) is 0 Å². The number of nitrogens with one attached hydrogen (secondary N) is 1. The Hall–Kier alpha value is -1.13. The highest BCUT2D eigenvalue weighted by molar-refractivity contribution is 5.54. The van der Waals surface area contributed by atoms with Gasteiger partial charge in [0.2, 0.25) is 0 Å². The minimum Gasteiger partial charge on any atom is -0.367 e. The predicted octanol–water partition coefficient (Wildman–Crippen LogP) is 2.17. The fourth-order valence-corrected chi connectivity index (χ4v) is 3.25. The van der Waals surface area contributed by atoms with E-state index in [1.54, 1.807) is 0 Å². The topological polar surface area (TPSA) is 31.4 Å². The van der Waals surface area contributed by atoms with Gasteiger partial charge in [0.25, 0.3) is 0 Å². The SMILES string of the molecule is Cc1cc(N2CCCN(C)CC2C)c(CNC2CC2)cn1. The molecule has 2 aliphatic rings. The second kappa shape index (κ2) is 6.32. The third kappa shape index (κ3) is 3.74. The average molecular weight is 288 g/mol. The summed E-state index contributed by atoms with van der Waals surface area (Å²) in [7, 11) is 2.23. The molecule has 1 aliphatic carbocycles. The molecule has 0 amide bonds. The van der Waals surface area contributed by atoms with Crippen LogP contribution in [-0.2, 0) is 6.54 Å². The van der Waals surface area contributed by atoms with Crippen LogP contribution in [-0.4, -0.2) is 48.6 Å². The van der Waals surface area contributed by atoms with E-state index in [4.69, 9.17) is 0 Å². The molecule has 1 N–H and O–H groups in total. The summed E-state index contributed by atoms with van der Waals surface area (Å²) >= 11 is 0. The molecule has 0 spiro atoms. The summed E-state index contributed by atoms with van der Waals surface area (Å²) in [6.45, 7) is 8.86. The second-order valence-electron chi connectivity index (χ2n) is 6.77. The van der Waals surface area contributed by atoms with E-state index in [0.717, 1.165) is 31.4 Å². The van der Waals surface area contributed by atoms with Gasteiger partial charge in [0.15, 0.2) is 0 Å². The lowest BCUT2D eigenvalue weighted by Gasteiger charge is -2.32. The van der Waals surface area contributed by atoms with E-state index >= 15 is 0 Å². The Morgan fingerprint density at radius 2 is 2.14 bits per heavy atom. The highest BCUT2D eigenvalue weighted by Crippen LogP contribution is 2.26. The van der Waals surface area contributed by atoms with Gasteiger partial charge in [-0.3, -0.25) is 4.98 Å². The van der Waals surface area contributed by atoms with Crippen molar-refractivity contribution in [3.05, 3.63) is 23.5 Å². The number of aryl methyl sites for hydroxylation is 1. The first-order valence-electron chi connectivity index (χ1n) is 8.27. The molecule has 2 fully saturated rings. The first kappa shape index (κ1) is 14.8. The van der Waals surface area contributed by atoms with Gasteiger partial charge in [-0.05, 0) is 52.8 Å². The van der Waals surface area contributed by atoms with E-state index in [9.17, 15) is 0 Å². The Balaban J connectivity index is 1.81. The van der Waals surface area contributed by atoms with Gasteiger partial charge in [-0.15, -0.1) is 0 Å². The molecule has 4 heteroatoms. The second-order valence-corrected chi connectivity index (χ2v) is 6.77. The standard InChI is InChI=1S/C17H28N4/c1-13-9-17(15(10-18-13)11-19-16-5-6-16)21-8-4-7-20(3)12-14(21)2/h9-10,14,16,19H,4-8,11-12H2,1-3H3. The zero-order chi connectivity index (χ0) is 14.8. The van der Waals surface area contributed by atoms with Crippen molar-refractivity contribution >= 4 is 5.69 Å². The van der Waals surface area contributed by atoms with E-state index < -0.39 is 0 Å². The number of aromatic nitrogens is 1. The highest BCUT2D eigenvalue weighted by atomic mass is 15.2. The first-order valence-corrected chi connectivity index (χ1v) is 8.27. The summed E-state index contributed by atoms with van der Waals surface area (Å²) < 4.78 is 0. The third-order valence-electron chi connectivity index (χ3n) is 4.61. The molecule has 1 aliphatic heterocycles. The number of hydrogen-bond donors (Lipinski definition) is 1. The summed E-state index contributed by atoms with van der Waals surface area (Å²) in [6, 6.07) is 3.57. The summed E-state index contributed by atoms with van der Waals surface area (Å²) in [6.07, 6.45) is 5.97. The molecule has 3 rings (SSSR count). The van der Waals surface area contributed by atoms with E-state index in [0.29, 0.717) is 6.04 Å². The first-order chi connectivity index (χ1) is 10.1. The van der Waals surface area contributed by atoms with Gasteiger partial charge in [0.1, 0.15) is 0 Å². The number of rotatable bonds is 4. The van der Waals surface area contributed by atoms with Gasteiger partial charge in [-0.2, -0.15) is 0 Å². The molecule has 21 heavy (non-hydrogen) atoms. The van der Waals surface area contributed by atoms with Crippen LogP contribution in [0.15, 0.2) is 12.3 Å². The van der Waals surface area contributed by atoms with Crippen molar-refractivity contribution in [3.8, 4) is 0 Å². The molecule has 1 saturated carbocycles. The molecule has 1 aromatic heterocycles. The normalized spacial score (nSPS) is 24.1. The minimum absolute atomic E-state index is 0.555. The summed E-state index contributed by atoms with van der Waals surface area (Å²) in [5.74, 6) is 0. The zero-order valence-electron chi connectivity index (χ0n) is 13.6. The van der Waals surface area contributed by atoms with Crippen molar-refractivity contribution in [1.29, 1.82) is 0 Å². The molecule has 116 valence electrons. The molecule has 1 saturated heterocycles. The van der Waals surface area contributed by atoms with Gasteiger partial charge in [-0.1, -0.05) is 0 Å². The monoisotopic (exact) mass is 288 g/mol. The van der Waals surface area contributed by atoms with Crippen molar-refractivity contribution in [3.63, 3.8) is 0 Å². The van der Waals surface area contributed by atoms with Crippen LogP contribution in [0, 0.1) is 6.92 Å². The molecule has 4 nitrogen and oxygen atoms in total. The quantitative estimate of drug-likeness (QED) is 0.920. The van der Waals surface area contributed by atoms with Gasteiger partial charge in [-0.25, -0.2) is 0 Å². The van der Waals surface area contributed by atoms with Crippen LogP contribution in [0.25, 0.3) is 0 Å². The van der Waals surface area contributed by atoms with Crippen LogP contribution in [0.1, 0.15) is 37.4 Å². The van der Waals surface area contributed by atoms with Gasteiger partial charge in [0, 0.05) is 54.9 Å². The van der Waals surface area contributed by atoms with Crippen molar-refractivity contribution < 1.29 is 0 Å². The van der Waals surface area contributed by atoms with E-state index in [1.165, 1.54) is 37.1 Å². The number of nitrogens with zero attached hydrogens (tertiary/aromatic N) is 3. The fourth-order valence-electron chi connectivity index (χ4n) is 3.25. The maximum atomic E-state index is 4.52. The Morgan fingerprint density at radius 1 is 1.33 bits per heavy atom. The highest BCUT2D eigenvalue weighted by Gasteiger charge is 2.24. The smallest absolute Gasteiger partial charge is 0.0448 e. The van der Waals surface area contributed by atoms with Crippen molar-refractivity contribution in [2.24, 2.45) is 0 Å². The average Bonchev–Trinajstić information content (AvgIpc) is 3.26. The van der Waals surface area contributed by atoms with Crippen molar-refractivity contribution in [2.45, 2.75) is 51.7 Å². The molecule has 0 radical (unpaired) electrons. The van der Waals surface area contributed by atoms with Gasteiger partial charge >= 0.3 is 0 Å². The Labute approximate surface area is 128 Å². The third-order valence-corrected chi connectivity index (χ3v) is 4.61. The van der Waals surface area contributed by atoms with Crippen LogP contribution in [0.4, 0.5) is 5.69 Å². The summed E-state index contributed by atoms with van der Waals surface area (Å²) in [4.78, 5) is 9.55. The molecule has 1 aromatic rings. The summed E-state index contributed by atoms with van der Waals surface area (Å²) in [5.41, 5.74) is 3.85. The lowest BCUT2D eigenvalue weighted by Crippen LogP contribution is -2.38.